The highest BCUT2D eigenvalue weighted by Crippen LogP contribution is 2.18. The average molecular weight is 391 g/mol. The first-order chi connectivity index (χ1) is 13.3. The summed E-state index contributed by atoms with van der Waals surface area (Å²) < 4.78 is 10.9. The first kappa shape index (κ1) is 24.2. The molecule has 0 saturated heterocycles. The zero-order valence-corrected chi connectivity index (χ0v) is 18.5. The molecular weight excluding hydrogens is 352 g/mol. The molecule has 0 aliphatic rings. The van der Waals surface area contributed by atoms with E-state index in [0.717, 1.165) is 25.7 Å². The van der Waals surface area contributed by atoms with Crippen molar-refractivity contribution in [2.24, 2.45) is 23.7 Å². The lowest BCUT2D eigenvalue weighted by Gasteiger charge is -2.17. The summed E-state index contributed by atoms with van der Waals surface area (Å²) in [5, 5.41) is 0. The zero-order chi connectivity index (χ0) is 21.1. The minimum atomic E-state index is -0.342. The van der Waals surface area contributed by atoms with Gasteiger partial charge >= 0.3 is 11.9 Å². The zero-order valence-electron chi connectivity index (χ0n) is 18.5. The Morgan fingerprint density at radius 1 is 0.714 bits per heavy atom. The highest BCUT2D eigenvalue weighted by Gasteiger charge is 2.16. The lowest BCUT2D eigenvalue weighted by Crippen LogP contribution is -2.16. The van der Waals surface area contributed by atoms with E-state index in [-0.39, 0.29) is 11.9 Å². The van der Waals surface area contributed by atoms with Gasteiger partial charge in [-0.15, -0.1) is 0 Å². The van der Waals surface area contributed by atoms with Gasteiger partial charge in [0, 0.05) is 0 Å². The van der Waals surface area contributed by atoms with Gasteiger partial charge in [-0.2, -0.15) is 0 Å². The number of benzene rings is 1. The molecule has 0 amide bonds. The number of hydrogen-bond acceptors (Lipinski definition) is 4. The van der Waals surface area contributed by atoms with Gasteiger partial charge in [0.2, 0.25) is 0 Å². The van der Waals surface area contributed by atoms with E-state index in [4.69, 9.17) is 9.47 Å². The third-order valence-electron chi connectivity index (χ3n) is 5.02. The molecule has 28 heavy (non-hydrogen) atoms. The van der Waals surface area contributed by atoms with Gasteiger partial charge in [0.25, 0.3) is 0 Å². The molecule has 4 heteroatoms. The van der Waals surface area contributed by atoms with Crippen molar-refractivity contribution in [1.29, 1.82) is 0 Å². The van der Waals surface area contributed by atoms with E-state index in [0.29, 0.717) is 48.0 Å². The van der Waals surface area contributed by atoms with E-state index in [1.54, 1.807) is 24.3 Å². The minimum absolute atomic E-state index is 0.342. The van der Waals surface area contributed by atoms with Crippen LogP contribution in [0.1, 0.15) is 87.9 Å². The Morgan fingerprint density at radius 3 is 1.29 bits per heavy atom. The number of carbonyl (C=O) groups is 2. The van der Waals surface area contributed by atoms with Crippen molar-refractivity contribution >= 4 is 11.9 Å². The Hall–Kier alpha value is -1.84. The molecular formula is C24H38O4. The molecule has 158 valence electrons. The maximum Gasteiger partial charge on any atom is 0.338 e. The molecule has 0 aliphatic heterocycles. The summed E-state index contributed by atoms with van der Waals surface area (Å²) in [5.74, 6) is 1.25. The number of carbonyl (C=O) groups excluding carboxylic acids is 2. The SMILES string of the molecule is CCC(COC(=O)c1ccc(C(=O)OCC(CC)CC(C)C)cc1)CC(C)C. The predicted octanol–water partition coefficient (Wildman–Crippen LogP) is 6.14. The summed E-state index contributed by atoms with van der Waals surface area (Å²) in [5.41, 5.74) is 0.921. The van der Waals surface area contributed by atoms with Crippen LogP contribution < -0.4 is 0 Å². The molecule has 0 saturated carbocycles. The van der Waals surface area contributed by atoms with Crippen molar-refractivity contribution < 1.29 is 19.1 Å². The monoisotopic (exact) mass is 390 g/mol. The molecule has 1 aromatic carbocycles. The second-order valence-electron chi connectivity index (χ2n) is 8.58. The van der Waals surface area contributed by atoms with E-state index < -0.39 is 0 Å². The van der Waals surface area contributed by atoms with Crippen LogP contribution in [0, 0.1) is 23.7 Å². The molecule has 0 fully saturated rings. The molecule has 0 N–H and O–H groups in total. The van der Waals surface area contributed by atoms with Crippen LogP contribution in [0.3, 0.4) is 0 Å². The van der Waals surface area contributed by atoms with Crippen molar-refractivity contribution in [3.8, 4) is 0 Å². The van der Waals surface area contributed by atoms with Crippen LogP contribution >= 0.6 is 0 Å². The van der Waals surface area contributed by atoms with Gasteiger partial charge in [0.1, 0.15) is 0 Å². The van der Waals surface area contributed by atoms with E-state index in [9.17, 15) is 9.59 Å². The molecule has 2 unspecified atom stereocenters. The molecule has 0 heterocycles. The Labute approximate surface area is 171 Å². The molecule has 2 atom stereocenters. The lowest BCUT2D eigenvalue weighted by atomic mass is 9.96. The molecule has 0 aromatic heterocycles. The smallest absolute Gasteiger partial charge is 0.338 e. The summed E-state index contributed by atoms with van der Waals surface area (Å²) in [6.07, 6.45) is 4.08. The van der Waals surface area contributed by atoms with Crippen molar-refractivity contribution in [3.05, 3.63) is 35.4 Å². The fourth-order valence-electron chi connectivity index (χ4n) is 3.33. The van der Waals surface area contributed by atoms with Crippen LogP contribution in [0.25, 0.3) is 0 Å². The second-order valence-corrected chi connectivity index (χ2v) is 8.58. The van der Waals surface area contributed by atoms with Crippen molar-refractivity contribution in [3.63, 3.8) is 0 Å². The number of esters is 2. The second kappa shape index (κ2) is 12.6. The molecule has 0 radical (unpaired) electrons. The van der Waals surface area contributed by atoms with Crippen molar-refractivity contribution in [2.75, 3.05) is 13.2 Å². The van der Waals surface area contributed by atoms with Crippen molar-refractivity contribution in [1.82, 2.24) is 0 Å². The van der Waals surface area contributed by atoms with Crippen LogP contribution in [-0.4, -0.2) is 25.2 Å². The number of rotatable bonds is 12. The molecule has 4 nitrogen and oxygen atoms in total. The standard InChI is InChI=1S/C24H38O4/c1-7-19(13-17(3)4)15-27-23(25)21-9-11-22(12-10-21)24(26)28-16-20(8-2)14-18(5)6/h9-12,17-20H,7-8,13-16H2,1-6H3. The van der Waals surface area contributed by atoms with Gasteiger partial charge < -0.3 is 9.47 Å². The van der Waals surface area contributed by atoms with Gasteiger partial charge in [-0.3, -0.25) is 0 Å². The highest BCUT2D eigenvalue weighted by atomic mass is 16.5. The summed E-state index contributed by atoms with van der Waals surface area (Å²) >= 11 is 0. The van der Waals surface area contributed by atoms with Gasteiger partial charge in [-0.1, -0.05) is 54.4 Å². The largest absolute Gasteiger partial charge is 0.462 e. The van der Waals surface area contributed by atoms with Crippen molar-refractivity contribution in [2.45, 2.75) is 67.2 Å². The fraction of sp³-hybridized carbons (Fsp3) is 0.667. The maximum absolute atomic E-state index is 12.3. The Morgan fingerprint density at radius 2 is 1.04 bits per heavy atom. The molecule has 0 spiro atoms. The topological polar surface area (TPSA) is 52.6 Å². The van der Waals surface area contributed by atoms with E-state index in [1.165, 1.54) is 0 Å². The quantitative estimate of drug-likeness (QED) is 0.402. The molecule has 1 aromatic rings. The number of ether oxygens (including phenoxy) is 2. The van der Waals surface area contributed by atoms with Crippen LogP contribution in [0.4, 0.5) is 0 Å². The van der Waals surface area contributed by atoms with Gasteiger partial charge in [0.15, 0.2) is 0 Å². The van der Waals surface area contributed by atoms with E-state index >= 15 is 0 Å². The van der Waals surface area contributed by atoms with Gasteiger partial charge in [-0.05, 0) is 60.8 Å². The van der Waals surface area contributed by atoms with Gasteiger partial charge in [-0.25, -0.2) is 9.59 Å². The summed E-state index contributed by atoms with van der Waals surface area (Å²) in [7, 11) is 0. The van der Waals surface area contributed by atoms with E-state index in [2.05, 4.69) is 41.5 Å². The third-order valence-corrected chi connectivity index (χ3v) is 5.02. The summed E-state index contributed by atoms with van der Waals surface area (Å²) in [6.45, 7) is 13.8. The Bertz CT molecular complexity index is 536. The van der Waals surface area contributed by atoms with Crippen LogP contribution in [0.15, 0.2) is 24.3 Å². The highest BCUT2D eigenvalue weighted by molar-refractivity contribution is 5.93. The van der Waals surface area contributed by atoms with Crippen LogP contribution in [-0.2, 0) is 9.47 Å². The Kier molecular flexibility index (Phi) is 10.9. The normalized spacial score (nSPS) is 13.4. The van der Waals surface area contributed by atoms with E-state index in [1.807, 2.05) is 0 Å². The molecule has 1 rings (SSSR count). The molecule has 0 bridgehead atoms. The maximum atomic E-state index is 12.3. The average Bonchev–Trinajstić information content (AvgIpc) is 2.67. The lowest BCUT2D eigenvalue weighted by molar-refractivity contribution is 0.0407. The minimum Gasteiger partial charge on any atom is -0.462 e. The summed E-state index contributed by atoms with van der Waals surface area (Å²) in [4.78, 5) is 24.5. The number of hydrogen-bond donors (Lipinski definition) is 0. The van der Waals surface area contributed by atoms with Gasteiger partial charge in [0.05, 0.1) is 24.3 Å². The molecule has 0 aliphatic carbocycles. The first-order valence-electron chi connectivity index (χ1n) is 10.7. The first-order valence-corrected chi connectivity index (χ1v) is 10.7. The fourth-order valence-corrected chi connectivity index (χ4v) is 3.33. The van der Waals surface area contributed by atoms with Crippen LogP contribution in [0.2, 0.25) is 0 Å². The third kappa shape index (κ3) is 8.90. The predicted molar refractivity (Wildman–Crippen MR) is 113 cm³/mol. The summed E-state index contributed by atoms with van der Waals surface area (Å²) in [6, 6.07) is 6.53. The Balaban J connectivity index is 2.55. The van der Waals surface area contributed by atoms with Crippen LogP contribution in [0.5, 0.6) is 0 Å².